The van der Waals surface area contributed by atoms with Crippen LogP contribution in [0.15, 0.2) is 29.1 Å². The van der Waals surface area contributed by atoms with E-state index in [4.69, 9.17) is 5.73 Å². The second kappa shape index (κ2) is 7.99. The van der Waals surface area contributed by atoms with Crippen LogP contribution < -0.4 is 16.7 Å². The number of nitrogens with one attached hydrogen (secondary N) is 1. The van der Waals surface area contributed by atoms with Gasteiger partial charge in [-0.2, -0.15) is 0 Å². The van der Waals surface area contributed by atoms with Gasteiger partial charge in [0.25, 0.3) is 0 Å². The van der Waals surface area contributed by atoms with E-state index in [1.807, 2.05) is 0 Å². The minimum absolute atomic E-state index is 0.0558. The lowest BCUT2D eigenvalue weighted by atomic mass is 9.86. The van der Waals surface area contributed by atoms with Crippen LogP contribution in [0.1, 0.15) is 20.8 Å². The summed E-state index contributed by atoms with van der Waals surface area (Å²) in [4.78, 5) is 37.6. The molecule has 1 aromatic heterocycles. The number of hydrogen-bond donors (Lipinski definition) is 2. The summed E-state index contributed by atoms with van der Waals surface area (Å²) in [5.41, 5.74) is 4.95. The van der Waals surface area contributed by atoms with E-state index in [1.54, 1.807) is 45.0 Å². The van der Waals surface area contributed by atoms with Crippen molar-refractivity contribution in [3.05, 3.63) is 34.7 Å². The van der Waals surface area contributed by atoms with Crippen molar-refractivity contribution in [3.8, 4) is 0 Å². The Kier molecular flexibility index (Phi) is 6.24. The molecule has 0 saturated heterocycles. The van der Waals surface area contributed by atoms with Crippen LogP contribution in [0, 0.1) is 5.41 Å². The second-order valence-corrected chi connectivity index (χ2v) is 10.1. The molecule has 0 fully saturated rings. The molecule has 0 aliphatic carbocycles. The highest BCUT2D eigenvalue weighted by molar-refractivity contribution is 7.88. The monoisotopic (exact) mass is 425 g/mol. The number of amides is 2. The number of nitrogens with two attached hydrogens (primary N) is 1. The number of nitrogens with zero attached hydrogens (tertiary/aromatic N) is 3. The van der Waals surface area contributed by atoms with Crippen LogP contribution in [0.4, 0.5) is 4.79 Å². The third-order valence-electron chi connectivity index (χ3n) is 4.66. The molecule has 0 spiro atoms. The number of hydrogen-bond acceptors (Lipinski definition) is 5. The maximum absolute atomic E-state index is 13.0. The minimum atomic E-state index is -3.41. The molecule has 10 nitrogen and oxygen atoms in total. The molecule has 0 bridgehead atoms. The van der Waals surface area contributed by atoms with Crippen molar-refractivity contribution in [2.24, 2.45) is 11.1 Å². The van der Waals surface area contributed by atoms with Crippen molar-refractivity contribution >= 4 is 33.0 Å². The summed E-state index contributed by atoms with van der Waals surface area (Å²) in [6.45, 7) is 5.35. The summed E-state index contributed by atoms with van der Waals surface area (Å²) >= 11 is 0. The fraction of sp³-hybridized carbons (Fsp3) is 0.500. The number of para-hydroxylation sites is 2. The van der Waals surface area contributed by atoms with E-state index in [0.717, 1.165) is 15.1 Å². The van der Waals surface area contributed by atoms with Gasteiger partial charge in [0.15, 0.2) is 0 Å². The first-order valence-corrected chi connectivity index (χ1v) is 10.8. The molecule has 2 aromatic rings. The smallest absolute Gasteiger partial charge is 0.337 e. The molecule has 160 valence electrons. The maximum atomic E-state index is 13.0. The summed E-state index contributed by atoms with van der Waals surface area (Å²) in [6, 6.07) is 4.89. The predicted molar refractivity (Wildman–Crippen MR) is 110 cm³/mol. The van der Waals surface area contributed by atoms with Gasteiger partial charge in [-0.05, 0) is 17.5 Å². The van der Waals surface area contributed by atoms with Crippen molar-refractivity contribution < 1.29 is 18.0 Å². The number of rotatable bonds is 6. The van der Waals surface area contributed by atoms with Gasteiger partial charge in [-0.1, -0.05) is 32.9 Å². The van der Waals surface area contributed by atoms with E-state index in [2.05, 4.69) is 5.32 Å². The molecular formula is C18H27N5O5S. The number of likely N-dealkylation sites (N-methyl/N-ethyl adjacent to an activating group) is 1. The van der Waals surface area contributed by atoms with Gasteiger partial charge in [-0.25, -0.2) is 26.9 Å². The Morgan fingerprint density at radius 2 is 1.76 bits per heavy atom. The molecule has 0 aliphatic rings. The summed E-state index contributed by atoms with van der Waals surface area (Å²) in [5, 5.41) is 2.54. The third kappa shape index (κ3) is 4.85. The highest BCUT2D eigenvalue weighted by Crippen LogP contribution is 2.20. The quantitative estimate of drug-likeness (QED) is 0.679. The van der Waals surface area contributed by atoms with Gasteiger partial charge < -0.3 is 11.1 Å². The van der Waals surface area contributed by atoms with Gasteiger partial charge in [0.1, 0.15) is 6.04 Å². The van der Waals surface area contributed by atoms with Crippen molar-refractivity contribution in [2.45, 2.75) is 33.4 Å². The number of aromatic nitrogens is 2. The summed E-state index contributed by atoms with van der Waals surface area (Å²) in [5.74, 6) is -0.711. The number of carbonyl (C=O) groups excluding carboxylic acids is 2. The fourth-order valence-electron chi connectivity index (χ4n) is 2.93. The Morgan fingerprint density at radius 1 is 1.21 bits per heavy atom. The molecule has 2 amide bonds. The van der Waals surface area contributed by atoms with Crippen LogP contribution in [-0.4, -0.2) is 59.7 Å². The largest absolute Gasteiger partial charge is 0.368 e. The minimum Gasteiger partial charge on any atom is -0.368 e. The zero-order chi connectivity index (χ0) is 22.1. The first kappa shape index (κ1) is 22.6. The van der Waals surface area contributed by atoms with Crippen LogP contribution in [-0.2, 0) is 21.4 Å². The highest BCUT2D eigenvalue weighted by Gasteiger charge is 2.32. The van der Waals surface area contributed by atoms with E-state index >= 15 is 0 Å². The van der Waals surface area contributed by atoms with E-state index < -0.39 is 39.1 Å². The average molecular weight is 426 g/mol. The molecule has 0 unspecified atom stereocenters. The predicted octanol–water partition coefficient (Wildman–Crippen LogP) is 0.152. The van der Waals surface area contributed by atoms with Crippen molar-refractivity contribution in [2.75, 3.05) is 19.8 Å². The van der Waals surface area contributed by atoms with E-state index in [-0.39, 0.29) is 13.1 Å². The molecule has 1 aromatic carbocycles. The molecule has 2 rings (SSSR count). The van der Waals surface area contributed by atoms with Crippen LogP contribution in [0.5, 0.6) is 0 Å². The van der Waals surface area contributed by atoms with Crippen molar-refractivity contribution in [1.29, 1.82) is 0 Å². The van der Waals surface area contributed by atoms with Gasteiger partial charge in [-0.3, -0.25) is 9.36 Å². The van der Waals surface area contributed by atoms with Gasteiger partial charge in [0, 0.05) is 20.1 Å². The van der Waals surface area contributed by atoms with Crippen molar-refractivity contribution in [3.63, 3.8) is 0 Å². The molecule has 3 N–H and O–H groups in total. The molecule has 0 radical (unpaired) electrons. The maximum Gasteiger partial charge on any atom is 0.337 e. The average Bonchev–Trinajstić information content (AvgIpc) is 2.86. The van der Waals surface area contributed by atoms with Gasteiger partial charge >= 0.3 is 11.7 Å². The van der Waals surface area contributed by atoms with Crippen LogP contribution >= 0.6 is 0 Å². The Bertz CT molecular complexity index is 1090. The molecule has 1 heterocycles. The Morgan fingerprint density at radius 3 is 2.24 bits per heavy atom. The van der Waals surface area contributed by atoms with E-state index in [9.17, 15) is 22.8 Å². The number of primary amides is 1. The number of imidazole rings is 1. The molecule has 0 saturated carbocycles. The van der Waals surface area contributed by atoms with Gasteiger partial charge in [-0.15, -0.1) is 0 Å². The summed E-state index contributed by atoms with van der Waals surface area (Å²) in [6.07, 6.45) is 1.07. The molecule has 29 heavy (non-hydrogen) atoms. The van der Waals surface area contributed by atoms with Gasteiger partial charge in [0.2, 0.25) is 15.9 Å². The number of carbonyl (C=O) groups is 2. The van der Waals surface area contributed by atoms with Crippen molar-refractivity contribution in [1.82, 2.24) is 18.8 Å². The zero-order valence-corrected chi connectivity index (χ0v) is 18.0. The Hall–Kier alpha value is -2.66. The van der Waals surface area contributed by atoms with Crippen LogP contribution in [0.3, 0.4) is 0 Å². The lowest BCUT2D eigenvalue weighted by Crippen LogP contribution is -2.54. The first-order chi connectivity index (χ1) is 13.2. The summed E-state index contributed by atoms with van der Waals surface area (Å²) < 4.78 is 26.6. The van der Waals surface area contributed by atoms with E-state index in [1.165, 1.54) is 11.6 Å². The molecule has 11 heteroatoms. The Balaban J connectivity index is 2.47. The molecule has 1 atom stereocenters. The topological polar surface area (TPSA) is 136 Å². The van der Waals surface area contributed by atoms with E-state index in [0.29, 0.717) is 11.0 Å². The normalized spacial score (nSPS) is 13.6. The van der Waals surface area contributed by atoms with Crippen LogP contribution in [0.25, 0.3) is 11.0 Å². The lowest BCUT2D eigenvalue weighted by Gasteiger charge is -2.28. The SMILES string of the molecule is CN(CCn1c(=O)n(C(=O)N[C@H](C(N)=O)C(C)(C)C)c2ccccc21)S(C)(=O)=O. The van der Waals surface area contributed by atoms with Gasteiger partial charge in [0.05, 0.1) is 17.3 Å². The second-order valence-electron chi connectivity index (χ2n) is 7.99. The zero-order valence-electron chi connectivity index (χ0n) is 17.2. The number of fused-ring (bicyclic) bond motifs is 1. The fourth-order valence-corrected chi connectivity index (χ4v) is 3.34. The first-order valence-electron chi connectivity index (χ1n) is 8.97. The third-order valence-corrected chi connectivity index (χ3v) is 5.98. The standard InChI is InChI=1S/C18H27N5O5S/c1-18(2,3)14(15(19)24)20-16(25)23-13-9-7-6-8-12(13)22(17(23)26)11-10-21(4)29(5,27)28/h6-9,14H,10-11H2,1-5H3,(H2,19,24)(H,20,25)/t14-/m1/s1. The van der Waals surface area contributed by atoms with Crippen LogP contribution in [0.2, 0.25) is 0 Å². The summed E-state index contributed by atoms with van der Waals surface area (Å²) in [7, 11) is -2.00. The number of sulfonamides is 1. The molecular weight excluding hydrogens is 398 g/mol. The number of benzene rings is 1. The highest BCUT2D eigenvalue weighted by atomic mass is 32.2. The molecule has 0 aliphatic heterocycles. The Labute approximate surface area is 169 Å². The lowest BCUT2D eigenvalue weighted by molar-refractivity contribution is -0.122.